The Morgan fingerprint density at radius 2 is 2.09 bits per heavy atom. The van der Waals surface area contributed by atoms with E-state index in [-0.39, 0.29) is 11.9 Å². The molecule has 1 amide bonds. The summed E-state index contributed by atoms with van der Waals surface area (Å²) in [4.78, 5) is 29.4. The van der Waals surface area contributed by atoms with E-state index in [9.17, 15) is 9.59 Å². The Morgan fingerprint density at radius 1 is 1.35 bits per heavy atom. The quantitative estimate of drug-likeness (QED) is 0.855. The zero-order chi connectivity index (χ0) is 16.4. The van der Waals surface area contributed by atoms with Crippen LogP contribution in [0.3, 0.4) is 0 Å². The third-order valence-corrected chi connectivity index (χ3v) is 6.07. The van der Waals surface area contributed by atoms with Gasteiger partial charge in [0.2, 0.25) is 0 Å². The first kappa shape index (κ1) is 16.5. The first-order chi connectivity index (χ1) is 11.0. The minimum Gasteiger partial charge on any atom is -0.464 e. The fraction of sp³-hybridized carbons (Fsp3) is 0.647. The van der Waals surface area contributed by atoms with Gasteiger partial charge in [0.1, 0.15) is 5.54 Å². The summed E-state index contributed by atoms with van der Waals surface area (Å²) in [7, 11) is 2.03. The number of carbonyl (C=O) groups is 2. The molecular weight excluding hydrogens is 312 g/mol. The van der Waals surface area contributed by atoms with Crippen molar-refractivity contribution in [2.75, 3.05) is 26.7 Å². The Labute approximate surface area is 141 Å². The molecule has 2 aliphatic rings. The molecule has 6 heteroatoms. The van der Waals surface area contributed by atoms with Gasteiger partial charge in [-0.15, -0.1) is 11.3 Å². The summed E-state index contributed by atoms with van der Waals surface area (Å²) in [5.74, 6) is -0.437. The van der Waals surface area contributed by atoms with Crippen molar-refractivity contribution in [3.8, 4) is 0 Å². The average molecular weight is 336 g/mol. The van der Waals surface area contributed by atoms with Crippen molar-refractivity contribution < 1.29 is 14.3 Å². The van der Waals surface area contributed by atoms with Crippen LogP contribution in [0.4, 0.5) is 0 Å². The van der Waals surface area contributed by atoms with E-state index < -0.39 is 5.54 Å². The maximum Gasteiger partial charge on any atom is 0.331 e. The number of likely N-dealkylation sites (tertiary alicyclic amines) is 1. The minimum atomic E-state index is -0.881. The Morgan fingerprint density at radius 3 is 2.74 bits per heavy atom. The van der Waals surface area contributed by atoms with Crippen molar-refractivity contribution in [3.05, 3.63) is 21.4 Å². The summed E-state index contributed by atoms with van der Waals surface area (Å²) in [6, 6.07) is 2.00. The van der Waals surface area contributed by atoms with E-state index in [0.29, 0.717) is 19.4 Å². The molecule has 0 spiro atoms. The fourth-order valence-corrected chi connectivity index (χ4v) is 4.52. The van der Waals surface area contributed by atoms with E-state index in [4.69, 9.17) is 4.74 Å². The van der Waals surface area contributed by atoms with Crippen molar-refractivity contribution in [2.45, 2.75) is 44.6 Å². The van der Waals surface area contributed by atoms with Crippen LogP contribution in [0.5, 0.6) is 0 Å². The van der Waals surface area contributed by atoms with Crippen LogP contribution in [0, 0.1) is 0 Å². The molecule has 3 rings (SSSR count). The number of nitrogens with one attached hydrogen (secondary N) is 1. The van der Waals surface area contributed by atoms with Crippen LogP contribution in [0.25, 0.3) is 0 Å². The summed E-state index contributed by atoms with van der Waals surface area (Å²) in [5, 5.41) is 3.01. The molecule has 0 unspecified atom stereocenters. The summed E-state index contributed by atoms with van der Waals surface area (Å²) in [6.07, 6.45) is 4.51. The molecule has 0 radical (unpaired) electrons. The molecule has 23 heavy (non-hydrogen) atoms. The molecule has 1 aliphatic carbocycles. The summed E-state index contributed by atoms with van der Waals surface area (Å²) < 4.78 is 5.25. The fourth-order valence-electron chi connectivity index (χ4n) is 3.37. The minimum absolute atomic E-state index is 0.137. The number of aryl methyl sites for hydroxylation is 2. The van der Waals surface area contributed by atoms with E-state index in [1.807, 2.05) is 13.1 Å². The van der Waals surface area contributed by atoms with Crippen molar-refractivity contribution in [3.63, 3.8) is 0 Å². The average Bonchev–Trinajstić information content (AvgIpc) is 3.11. The predicted molar refractivity (Wildman–Crippen MR) is 89.9 cm³/mol. The molecule has 1 aromatic rings. The van der Waals surface area contributed by atoms with Gasteiger partial charge in [0, 0.05) is 18.0 Å². The van der Waals surface area contributed by atoms with E-state index in [0.717, 1.165) is 30.8 Å². The van der Waals surface area contributed by atoms with Crippen LogP contribution in [-0.2, 0) is 22.4 Å². The Balaban J connectivity index is 1.77. The van der Waals surface area contributed by atoms with Gasteiger partial charge in [-0.3, -0.25) is 4.79 Å². The molecule has 0 aromatic carbocycles. The first-order valence-electron chi connectivity index (χ1n) is 8.34. The highest BCUT2D eigenvalue weighted by Crippen LogP contribution is 2.31. The van der Waals surface area contributed by atoms with Crippen molar-refractivity contribution in [1.29, 1.82) is 0 Å². The maximum absolute atomic E-state index is 12.7. The lowest BCUT2D eigenvalue weighted by atomic mass is 9.87. The number of amides is 1. The SMILES string of the molecule is CCOC(=O)C1(NC(=O)c2cc3c(s2)CCC3)CCN(C)CC1. The van der Waals surface area contributed by atoms with Gasteiger partial charge in [-0.05, 0) is 57.7 Å². The predicted octanol–water partition coefficient (Wildman–Crippen LogP) is 1.99. The second kappa shape index (κ2) is 6.61. The number of ether oxygens (including phenoxy) is 1. The molecule has 0 saturated carbocycles. The van der Waals surface area contributed by atoms with Crippen molar-refractivity contribution >= 4 is 23.2 Å². The van der Waals surface area contributed by atoms with Crippen LogP contribution in [-0.4, -0.2) is 49.1 Å². The Kier molecular flexibility index (Phi) is 4.73. The highest BCUT2D eigenvalue weighted by Gasteiger charge is 2.43. The third-order valence-electron chi connectivity index (χ3n) is 4.83. The molecule has 0 bridgehead atoms. The second-order valence-electron chi connectivity index (χ2n) is 6.47. The molecule has 2 heterocycles. The number of hydrogen-bond donors (Lipinski definition) is 1. The number of esters is 1. The molecule has 126 valence electrons. The number of thiophene rings is 1. The molecule has 5 nitrogen and oxygen atoms in total. The molecule has 1 aliphatic heterocycles. The van der Waals surface area contributed by atoms with Crippen LogP contribution >= 0.6 is 11.3 Å². The van der Waals surface area contributed by atoms with Crippen molar-refractivity contribution in [2.24, 2.45) is 0 Å². The van der Waals surface area contributed by atoms with Gasteiger partial charge in [0.25, 0.3) is 5.91 Å². The second-order valence-corrected chi connectivity index (χ2v) is 7.61. The molecule has 1 fully saturated rings. The molecule has 1 N–H and O–H groups in total. The maximum atomic E-state index is 12.7. The van der Waals surface area contributed by atoms with Crippen LogP contribution < -0.4 is 5.32 Å². The number of hydrogen-bond acceptors (Lipinski definition) is 5. The number of carbonyl (C=O) groups excluding carboxylic acids is 2. The lowest BCUT2D eigenvalue weighted by Crippen LogP contribution is -2.60. The molecule has 0 atom stereocenters. The van der Waals surface area contributed by atoms with Gasteiger partial charge >= 0.3 is 5.97 Å². The van der Waals surface area contributed by atoms with E-state index in [1.54, 1.807) is 18.3 Å². The number of fused-ring (bicyclic) bond motifs is 1. The Bertz CT molecular complexity index is 581. The molecule has 1 aromatic heterocycles. The highest BCUT2D eigenvalue weighted by atomic mass is 32.1. The summed E-state index contributed by atoms with van der Waals surface area (Å²) >= 11 is 1.57. The Hall–Kier alpha value is -1.40. The normalized spacial score (nSPS) is 20.1. The lowest BCUT2D eigenvalue weighted by molar-refractivity contribution is -0.152. The van der Waals surface area contributed by atoms with Gasteiger partial charge < -0.3 is 15.0 Å². The first-order valence-corrected chi connectivity index (χ1v) is 9.15. The number of piperidine rings is 1. The molecule has 1 saturated heterocycles. The highest BCUT2D eigenvalue weighted by molar-refractivity contribution is 7.14. The summed E-state index contributed by atoms with van der Waals surface area (Å²) in [6.45, 7) is 3.69. The largest absolute Gasteiger partial charge is 0.464 e. The standard InChI is InChI=1S/C17H24N2O3S/c1-3-22-16(21)17(7-9-19(2)10-8-17)18-15(20)14-11-12-5-4-6-13(12)23-14/h11H,3-10H2,1-2H3,(H,18,20). The van der Waals surface area contributed by atoms with E-state index in [2.05, 4.69) is 10.2 Å². The van der Waals surface area contributed by atoms with E-state index in [1.165, 1.54) is 16.9 Å². The summed E-state index contributed by atoms with van der Waals surface area (Å²) in [5.41, 5.74) is 0.419. The van der Waals surface area contributed by atoms with Crippen molar-refractivity contribution in [1.82, 2.24) is 10.2 Å². The number of nitrogens with zero attached hydrogens (tertiary/aromatic N) is 1. The topological polar surface area (TPSA) is 58.6 Å². The smallest absolute Gasteiger partial charge is 0.331 e. The van der Waals surface area contributed by atoms with Crippen LogP contribution in [0.2, 0.25) is 0 Å². The van der Waals surface area contributed by atoms with Gasteiger partial charge in [0.05, 0.1) is 11.5 Å². The van der Waals surface area contributed by atoms with Gasteiger partial charge in [0.15, 0.2) is 0 Å². The zero-order valence-corrected chi connectivity index (χ0v) is 14.6. The van der Waals surface area contributed by atoms with Gasteiger partial charge in [-0.25, -0.2) is 4.79 Å². The monoisotopic (exact) mass is 336 g/mol. The lowest BCUT2D eigenvalue weighted by Gasteiger charge is -2.38. The third kappa shape index (κ3) is 3.28. The van der Waals surface area contributed by atoms with Crippen LogP contribution in [0.1, 0.15) is 46.3 Å². The van der Waals surface area contributed by atoms with E-state index >= 15 is 0 Å². The van der Waals surface area contributed by atoms with Gasteiger partial charge in [-0.2, -0.15) is 0 Å². The number of rotatable bonds is 4. The van der Waals surface area contributed by atoms with Gasteiger partial charge in [-0.1, -0.05) is 0 Å². The van der Waals surface area contributed by atoms with Crippen LogP contribution in [0.15, 0.2) is 6.07 Å². The molecular formula is C17H24N2O3S. The zero-order valence-electron chi connectivity index (χ0n) is 13.8.